The maximum atomic E-state index is 12.5. The molecule has 0 aromatic heterocycles. The topological polar surface area (TPSA) is 80.5 Å². The summed E-state index contributed by atoms with van der Waals surface area (Å²) in [5.41, 5.74) is 5.46. The van der Waals surface area contributed by atoms with Crippen molar-refractivity contribution in [1.82, 2.24) is 4.90 Å². The predicted octanol–water partition coefficient (Wildman–Crippen LogP) is 0.262. The van der Waals surface area contributed by atoms with E-state index in [1.54, 1.807) is 4.90 Å². The van der Waals surface area contributed by atoms with E-state index in [-0.39, 0.29) is 18.4 Å². The third-order valence-corrected chi connectivity index (χ3v) is 3.95. The highest BCUT2D eigenvalue weighted by Gasteiger charge is 2.35. The van der Waals surface area contributed by atoms with E-state index in [0.717, 1.165) is 6.42 Å². The summed E-state index contributed by atoms with van der Waals surface area (Å²) in [6, 6.07) is 0.0415. The molecule has 0 aliphatic carbocycles. The first kappa shape index (κ1) is 14.4. The molecule has 1 saturated heterocycles. The highest BCUT2D eigenvalue weighted by Crippen LogP contribution is 2.24. The molecule has 1 fully saturated rings. The quantitative estimate of drug-likeness (QED) is 0.699. The zero-order chi connectivity index (χ0) is 13.1. The second kappa shape index (κ2) is 5.77. The van der Waals surface area contributed by atoms with Crippen LogP contribution in [0.2, 0.25) is 0 Å². The lowest BCUT2D eigenvalue weighted by atomic mass is 10.1. The van der Waals surface area contributed by atoms with Crippen LogP contribution < -0.4 is 5.73 Å². The highest BCUT2D eigenvalue weighted by atomic mass is 32.3. The lowest BCUT2D eigenvalue weighted by molar-refractivity contribution is -0.129. The third kappa shape index (κ3) is 4.23. The second-order valence-corrected chi connectivity index (χ2v) is 5.87. The average Bonchev–Trinajstić information content (AvgIpc) is 2.53. The minimum atomic E-state index is -4.50. The van der Waals surface area contributed by atoms with E-state index in [0.29, 0.717) is 19.5 Å². The summed E-state index contributed by atoms with van der Waals surface area (Å²) in [6.07, 6.45) is 1.58. The molecular formula is C10H19FN2O3S. The van der Waals surface area contributed by atoms with Gasteiger partial charge >= 0.3 is 10.2 Å². The van der Waals surface area contributed by atoms with E-state index in [9.17, 15) is 17.1 Å². The van der Waals surface area contributed by atoms with E-state index in [2.05, 4.69) is 0 Å². The molecule has 1 amide bonds. The van der Waals surface area contributed by atoms with Gasteiger partial charge in [0.2, 0.25) is 5.91 Å². The molecule has 1 heterocycles. The number of halogens is 1. The first-order valence-electron chi connectivity index (χ1n) is 5.79. The van der Waals surface area contributed by atoms with E-state index in [1.165, 1.54) is 0 Å². The number of rotatable bonds is 6. The maximum Gasteiger partial charge on any atom is 0.302 e. The van der Waals surface area contributed by atoms with Crippen LogP contribution in [0.3, 0.4) is 0 Å². The fraction of sp³-hybridized carbons (Fsp3) is 0.900. The Balaban J connectivity index is 2.63. The molecule has 5 nitrogen and oxygen atoms in total. The minimum Gasteiger partial charge on any atom is -0.339 e. The molecule has 7 heteroatoms. The number of likely N-dealkylation sites (tertiary alicyclic amines) is 1. The van der Waals surface area contributed by atoms with Gasteiger partial charge in [-0.1, -0.05) is 6.92 Å². The number of carbonyl (C=O) groups is 1. The number of hydrogen-bond donors (Lipinski definition) is 1. The summed E-state index contributed by atoms with van der Waals surface area (Å²) in [5, 5.41) is 0. The van der Waals surface area contributed by atoms with Crippen LogP contribution >= 0.6 is 0 Å². The van der Waals surface area contributed by atoms with Crippen molar-refractivity contribution in [1.29, 1.82) is 0 Å². The van der Waals surface area contributed by atoms with Gasteiger partial charge in [0, 0.05) is 24.9 Å². The molecule has 0 spiro atoms. The maximum absolute atomic E-state index is 12.5. The van der Waals surface area contributed by atoms with Crippen molar-refractivity contribution in [3.63, 3.8) is 0 Å². The van der Waals surface area contributed by atoms with Gasteiger partial charge in [0.15, 0.2) is 0 Å². The molecular weight excluding hydrogens is 247 g/mol. The Labute approximate surface area is 101 Å². The Kier molecular flexibility index (Phi) is 4.88. The van der Waals surface area contributed by atoms with Crippen LogP contribution in [0, 0.1) is 5.92 Å². The summed E-state index contributed by atoms with van der Waals surface area (Å²) >= 11 is 0. The Morgan fingerprint density at radius 3 is 2.71 bits per heavy atom. The van der Waals surface area contributed by atoms with Crippen molar-refractivity contribution >= 4 is 16.1 Å². The lowest BCUT2D eigenvalue weighted by Crippen LogP contribution is -2.37. The highest BCUT2D eigenvalue weighted by molar-refractivity contribution is 7.86. The van der Waals surface area contributed by atoms with Crippen LogP contribution in [-0.4, -0.2) is 44.1 Å². The molecule has 0 saturated carbocycles. The number of amides is 1. The molecule has 1 rings (SSSR count). The van der Waals surface area contributed by atoms with E-state index >= 15 is 0 Å². The first-order chi connectivity index (χ1) is 7.87. The number of nitrogens with two attached hydrogens (primary N) is 1. The summed E-state index contributed by atoms with van der Waals surface area (Å²) in [6.45, 7) is 2.75. The largest absolute Gasteiger partial charge is 0.339 e. The Bertz CT molecular complexity index is 372. The standard InChI is InChI=1S/C10H19FN2O3S/c1-2-9(3-4-12)13-6-8(5-10(13)14)7-17(11,15)16/h8-9H,2-7,12H2,1H3. The van der Waals surface area contributed by atoms with Crippen LogP contribution in [-0.2, 0) is 15.0 Å². The number of nitrogens with zero attached hydrogens (tertiary/aromatic N) is 1. The number of hydrogen-bond acceptors (Lipinski definition) is 4. The van der Waals surface area contributed by atoms with Gasteiger partial charge < -0.3 is 10.6 Å². The van der Waals surface area contributed by atoms with E-state index in [4.69, 9.17) is 5.73 Å². The lowest BCUT2D eigenvalue weighted by Gasteiger charge is -2.26. The smallest absolute Gasteiger partial charge is 0.302 e. The van der Waals surface area contributed by atoms with Gasteiger partial charge in [-0.2, -0.15) is 8.42 Å². The zero-order valence-electron chi connectivity index (χ0n) is 9.93. The minimum absolute atomic E-state index is 0.0415. The predicted molar refractivity (Wildman–Crippen MR) is 62.5 cm³/mol. The van der Waals surface area contributed by atoms with Gasteiger partial charge in [-0.15, -0.1) is 3.89 Å². The van der Waals surface area contributed by atoms with Crippen molar-refractivity contribution < 1.29 is 17.1 Å². The molecule has 2 N–H and O–H groups in total. The van der Waals surface area contributed by atoms with Gasteiger partial charge in [-0.05, 0) is 19.4 Å². The average molecular weight is 266 g/mol. The summed E-state index contributed by atoms with van der Waals surface area (Å²) in [5.74, 6) is -1.09. The monoisotopic (exact) mass is 266 g/mol. The number of carbonyl (C=O) groups excluding carboxylic acids is 1. The fourth-order valence-corrected chi connectivity index (χ4v) is 3.11. The van der Waals surface area contributed by atoms with Crippen molar-refractivity contribution in [3.8, 4) is 0 Å². The van der Waals surface area contributed by atoms with Crippen molar-refractivity contribution in [2.24, 2.45) is 11.7 Å². The molecule has 0 radical (unpaired) electrons. The van der Waals surface area contributed by atoms with Crippen molar-refractivity contribution in [2.45, 2.75) is 32.2 Å². The Morgan fingerprint density at radius 2 is 2.24 bits per heavy atom. The molecule has 17 heavy (non-hydrogen) atoms. The van der Waals surface area contributed by atoms with Crippen LogP contribution in [0.15, 0.2) is 0 Å². The Hall–Kier alpha value is -0.690. The normalized spacial score (nSPS) is 23.1. The first-order valence-corrected chi connectivity index (χ1v) is 7.34. The van der Waals surface area contributed by atoms with Gasteiger partial charge in [0.1, 0.15) is 0 Å². The molecule has 2 unspecified atom stereocenters. The van der Waals surface area contributed by atoms with Gasteiger partial charge in [0.25, 0.3) is 0 Å². The molecule has 0 aromatic carbocycles. The van der Waals surface area contributed by atoms with E-state index < -0.39 is 21.9 Å². The summed E-state index contributed by atoms with van der Waals surface area (Å²) < 4.78 is 33.6. The molecule has 2 atom stereocenters. The van der Waals surface area contributed by atoms with Gasteiger partial charge in [-0.3, -0.25) is 4.79 Å². The second-order valence-electron chi connectivity index (χ2n) is 4.46. The van der Waals surface area contributed by atoms with Crippen molar-refractivity contribution in [2.75, 3.05) is 18.8 Å². The molecule has 100 valence electrons. The van der Waals surface area contributed by atoms with Crippen molar-refractivity contribution in [3.05, 3.63) is 0 Å². The SMILES string of the molecule is CCC(CCN)N1CC(CS(=O)(=O)F)CC1=O. The van der Waals surface area contributed by atoms with Crippen LogP contribution in [0.5, 0.6) is 0 Å². The zero-order valence-corrected chi connectivity index (χ0v) is 10.7. The molecule has 0 bridgehead atoms. The molecule has 1 aliphatic rings. The van der Waals surface area contributed by atoms with Crippen LogP contribution in [0.4, 0.5) is 3.89 Å². The summed E-state index contributed by atoms with van der Waals surface area (Å²) in [7, 11) is -4.50. The van der Waals surface area contributed by atoms with E-state index in [1.807, 2.05) is 6.92 Å². The van der Waals surface area contributed by atoms with Gasteiger partial charge in [-0.25, -0.2) is 0 Å². The molecule has 0 aromatic rings. The summed E-state index contributed by atoms with van der Waals surface area (Å²) in [4.78, 5) is 13.4. The van der Waals surface area contributed by atoms with Crippen LogP contribution in [0.1, 0.15) is 26.2 Å². The molecule has 1 aliphatic heterocycles. The van der Waals surface area contributed by atoms with Crippen LogP contribution in [0.25, 0.3) is 0 Å². The third-order valence-electron chi connectivity index (χ3n) is 3.09. The fourth-order valence-electron chi connectivity index (χ4n) is 2.33. The Morgan fingerprint density at radius 1 is 1.59 bits per heavy atom. The van der Waals surface area contributed by atoms with Gasteiger partial charge in [0.05, 0.1) is 5.75 Å².